The molecule has 4 rings (SSSR count). The number of hydrogen-bond donors (Lipinski definition) is 0. The van der Waals surface area contributed by atoms with Crippen LogP contribution in [0.4, 0.5) is 0 Å². The molecular weight excluding hydrogens is 467 g/mol. The van der Waals surface area contributed by atoms with Crippen molar-refractivity contribution in [3.05, 3.63) is 0 Å². The number of Topliss-reactive ketones (excluding diaryl/α,β-unsaturated/α-hetero) is 1. The summed E-state index contributed by atoms with van der Waals surface area (Å²) in [6.45, 7) is 12.6. The summed E-state index contributed by atoms with van der Waals surface area (Å²) in [5, 5.41) is 0. The maximum atomic E-state index is 12.4. The molecule has 0 aromatic heterocycles. The first kappa shape index (κ1) is 22.6. The van der Waals surface area contributed by atoms with E-state index in [1.165, 1.54) is 57.8 Å². The Morgan fingerprint density at radius 1 is 0.966 bits per heavy atom. The van der Waals surface area contributed by atoms with Gasteiger partial charge in [0.1, 0.15) is 5.78 Å². The highest BCUT2D eigenvalue weighted by Gasteiger charge is 2.61. The zero-order valence-corrected chi connectivity index (χ0v) is 21.8. The SMILES string of the molecule is CC(C)CCC[C@@H](C)[C@H]1CC[C@H]2[C@@H]3CC[C@@H]4CC(=O)[C@@H](I)C[C@]4(C)[C@H]3CC[C@]12C. The van der Waals surface area contributed by atoms with Gasteiger partial charge in [0.2, 0.25) is 0 Å². The predicted molar refractivity (Wildman–Crippen MR) is 131 cm³/mol. The Labute approximate surface area is 194 Å². The van der Waals surface area contributed by atoms with Crippen LogP contribution in [-0.4, -0.2) is 9.71 Å². The number of ketones is 1. The Morgan fingerprint density at radius 3 is 2.41 bits per heavy atom. The second kappa shape index (κ2) is 8.39. The van der Waals surface area contributed by atoms with Gasteiger partial charge in [0.25, 0.3) is 0 Å². The molecule has 0 radical (unpaired) electrons. The molecule has 166 valence electrons. The van der Waals surface area contributed by atoms with Crippen LogP contribution in [0.25, 0.3) is 0 Å². The number of carbonyl (C=O) groups is 1. The van der Waals surface area contributed by atoms with E-state index in [2.05, 4.69) is 57.2 Å². The first-order valence-electron chi connectivity index (χ1n) is 12.8. The highest BCUT2D eigenvalue weighted by molar-refractivity contribution is 14.1. The van der Waals surface area contributed by atoms with Gasteiger partial charge >= 0.3 is 0 Å². The van der Waals surface area contributed by atoms with Gasteiger partial charge in [-0.2, -0.15) is 0 Å². The Kier molecular flexibility index (Phi) is 6.54. The number of rotatable bonds is 5. The summed E-state index contributed by atoms with van der Waals surface area (Å²) < 4.78 is 0.276. The summed E-state index contributed by atoms with van der Waals surface area (Å²) in [4.78, 5) is 12.4. The summed E-state index contributed by atoms with van der Waals surface area (Å²) in [6.07, 6.45) is 14.9. The van der Waals surface area contributed by atoms with Crippen LogP contribution in [0.1, 0.15) is 105 Å². The normalized spacial score (nSPS) is 48.2. The first-order chi connectivity index (χ1) is 13.7. The number of hydrogen-bond acceptors (Lipinski definition) is 1. The van der Waals surface area contributed by atoms with E-state index in [1.54, 1.807) is 0 Å². The van der Waals surface area contributed by atoms with Crippen molar-refractivity contribution in [1.29, 1.82) is 0 Å². The number of fused-ring (bicyclic) bond motifs is 5. The van der Waals surface area contributed by atoms with Crippen LogP contribution in [0.3, 0.4) is 0 Å². The van der Waals surface area contributed by atoms with Gasteiger partial charge < -0.3 is 0 Å². The lowest BCUT2D eigenvalue weighted by atomic mass is 9.44. The fraction of sp³-hybridized carbons (Fsp3) is 0.963. The molecule has 29 heavy (non-hydrogen) atoms. The van der Waals surface area contributed by atoms with E-state index in [0.717, 1.165) is 48.3 Å². The second-order valence-electron chi connectivity index (χ2n) is 12.5. The third-order valence-electron chi connectivity index (χ3n) is 10.7. The second-order valence-corrected chi connectivity index (χ2v) is 14.0. The molecule has 0 bridgehead atoms. The molecule has 0 aromatic carbocycles. The third-order valence-corrected chi connectivity index (χ3v) is 11.8. The molecule has 4 saturated carbocycles. The van der Waals surface area contributed by atoms with Crippen molar-refractivity contribution in [3.8, 4) is 0 Å². The van der Waals surface area contributed by atoms with E-state index in [9.17, 15) is 4.79 Å². The average molecular weight is 513 g/mol. The number of halogens is 1. The van der Waals surface area contributed by atoms with Crippen LogP contribution in [0.5, 0.6) is 0 Å². The maximum Gasteiger partial charge on any atom is 0.145 e. The van der Waals surface area contributed by atoms with Crippen LogP contribution in [0, 0.1) is 52.3 Å². The Balaban J connectivity index is 1.48. The fourth-order valence-electron chi connectivity index (χ4n) is 9.08. The molecule has 1 nitrogen and oxygen atoms in total. The molecule has 0 amide bonds. The molecular formula is C27H45IO. The number of alkyl halides is 1. The summed E-state index contributed by atoms with van der Waals surface area (Å²) in [5.41, 5.74) is 1.03. The lowest BCUT2D eigenvalue weighted by Crippen LogP contribution is -2.55. The van der Waals surface area contributed by atoms with Gasteiger partial charge in [-0.05, 0) is 97.2 Å². The Hall–Kier alpha value is 0.400. The monoisotopic (exact) mass is 512 g/mol. The largest absolute Gasteiger partial charge is 0.299 e. The van der Waals surface area contributed by atoms with E-state index >= 15 is 0 Å². The minimum atomic E-state index is 0.276. The van der Waals surface area contributed by atoms with E-state index in [-0.39, 0.29) is 3.92 Å². The molecule has 0 saturated heterocycles. The van der Waals surface area contributed by atoms with Gasteiger partial charge in [-0.25, -0.2) is 0 Å². The topological polar surface area (TPSA) is 17.1 Å². The Morgan fingerprint density at radius 2 is 1.69 bits per heavy atom. The van der Waals surface area contributed by atoms with Crippen molar-refractivity contribution in [2.45, 2.75) is 109 Å². The van der Waals surface area contributed by atoms with Crippen molar-refractivity contribution in [2.75, 3.05) is 0 Å². The highest BCUT2D eigenvalue weighted by atomic mass is 127. The van der Waals surface area contributed by atoms with Gasteiger partial charge in [-0.3, -0.25) is 4.79 Å². The molecule has 0 heterocycles. The molecule has 4 aliphatic carbocycles. The third kappa shape index (κ3) is 3.88. The smallest absolute Gasteiger partial charge is 0.145 e. The van der Waals surface area contributed by atoms with Gasteiger partial charge in [0.05, 0.1) is 3.92 Å². The molecule has 9 atom stereocenters. The van der Waals surface area contributed by atoms with Gasteiger partial charge in [0.15, 0.2) is 0 Å². The van der Waals surface area contributed by atoms with Crippen molar-refractivity contribution in [3.63, 3.8) is 0 Å². The standard InChI is InChI=1S/C27H45IO/c1-17(2)7-6-8-18(3)21-11-12-22-20-10-9-19-15-25(29)24(28)16-27(19,5)23(20)13-14-26(21,22)4/h17-24H,6-16H2,1-5H3/t18-,19-,20+,21-,22+,23+,24+,26-,27+/m1/s1. The van der Waals surface area contributed by atoms with E-state index < -0.39 is 0 Å². The molecule has 0 aromatic rings. The highest BCUT2D eigenvalue weighted by Crippen LogP contribution is 2.68. The molecule has 0 unspecified atom stereocenters. The van der Waals surface area contributed by atoms with Crippen LogP contribution >= 0.6 is 22.6 Å². The van der Waals surface area contributed by atoms with Crippen molar-refractivity contribution < 1.29 is 4.79 Å². The first-order valence-corrected chi connectivity index (χ1v) is 14.1. The lowest BCUT2D eigenvalue weighted by molar-refractivity contribution is -0.138. The molecule has 2 heteroatoms. The van der Waals surface area contributed by atoms with E-state index in [0.29, 0.717) is 22.5 Å². The minimum absolute atomic E-state index is 0.276. The molecule has 0 N–H and O–H groups in total. The summed E-state index contributed by atoms with van der Waals surface area (Å²) >= 11 is 2.46. The fourth-order valence-corrected chi connectivity index (χ4v) is 10.3. The van der Waals surface area contributed by atoms with Crippen molar-refractivity contribution in [1.82, 2.24) is 0 Å². The average Bonchev–Trinajstić information content (AvgIpc) is 3.00. The van der Waals surface area contributed by atoms with Gasteiger partial charge in [0, 0.05) is 6.42 Å². The lowest BCUT2D eigenvalue weighted by Gasteiger charge is -2.61. The zero-order chi connectivity index (χ0) is 21.0. The predicted octanol–water partition coefficient (Wildman–Crippen LogP) is 8.09. The summed E-state index contributed by atoms with van der Waals surface area (Å²) in [5.74, 6) is 6.72. The van der Waals surface area contributed by atoms with Crippen LogP contribution in [0.15, 0.2) is 0 Å². The van der Waals surface area contributed by atoms with Crippen LogP contribution in [-0.2, 0) is 4.79 Å². The molecule has 0 aliphatic heterocycles. The van der Waals surface area contributed by atoms with Gasteiger partial charge in [-0.1, -0.05) is 76.5 Å². The maximum absolute atomic E-state index is 12.4. The van der Waals surface area contributed by atoms with Crippen molar-refractivity contribution in [2.24, 2.45) is 52.3 Å². The summed E-state index contributed by atoms with van der Waals surface area (Å²) in [7, 11) is 0. The summed E-state index contributed by atoms with van der Waals surface area (Å²) in [6, 6.07) is 0. The Bertz CT molecular complexity index is 614. The van der Waals surface area contributed by atoms with E-state index in [4.69, 9.17) is 0 Å². The number of carbonyl (C=O) groups excluding carboxylic acids is 1. The minimum Gasteiger partial charge on any atom is -0.299 e. The van der Waals surface area contributed by atoms with Crippen LogP contribution in [0.2, 0.25) is 0 Å². The molecule has 4 fully saturated rings. The molecule has 4 aliphatic rings. The molecule has 0 spiro atoms. The van der Waals surface area contributed by atoms with Crippen LogP contribution < -0.4 is 0 Å². The van der Waals surface area contributed by atoms with Gasteiger partial charge in [-0.15, -0.1) is 0 Å². The van der Waals surface area contributed by atoms with E-state index in [1.807, 2.05) is 0 Å². The zero-order valence-electron chi connectivity index (χ0n) is 19.7. The quantitative estimate of drug-likeness (QED) is 0.269. The van der Waals surface area contributed by atoms with Crippen molar-refractivity contribution >= 4 is 28.4 Å².